The molecule has 0 saturated carbocycles. The van der Waals surface area contributed by atoms with Gasteiger partial charge in [0.15, 0.2) is 5.78 Å². The van der Waals surface area contributed by atoms with E-state index in [0.29, 0.717) is 19.0 Å². The second kappa shape index (κ2) is 8.06. The first-order valence-electron chi connectivity index (χ1n) is 8.70. The van der Waals surface area contributed by atoms with Crippen LogP contribution in [0, 0.1) is 6.92 Å². The van der Waals surface area contributed by atoms with Crippen LogP contribution in [0.3, 0.4) is 0 Å². The summed E-state index contributed by atoms with van der Waals surface area (Å²) in [4.78, 5) is 16.4. The number of carbonyl (C=O) groups is 1. The van der Waals surface area contributed by atoms with Gasteiger partial charge in [0, 0.05) is 29.3 Å². The molecule has 0 aliphatic carbocycles. The second-order valence-electron chi connectivity index (χ2n) is 6.24. The van der Waals surface area contributed by atoms with Crippen LogP contribution in [0.1, 0.15) is 23.0 Å². The molecule has 0 aliphatic heterocycles. The molecule has 3 aromatic rings. The molecule has 0 spiro atoms. The lowest BCUT2D eigenvalue weighted by Crippen LogP contribution is -2.27. The van der Waals surface area contributed by atoms with Crippen molar-refractivity contribution in [3.8, 4) is 5.75 Å². The molecule has 5 nitrogen and oxygen atoms in total. The number of anilines is 1. The topological polar surface area (TPSA) is 63.4 Å². The summed E-state index contributed by atoms with van der Waals surface area (Å²) in [5.74, 6) is 0.756. The molecule has 0 amide bonds. The van der Waals surface area contributed by atoms with E-state index in [1.807, 2.05) is 62.4 Å². The number of hydrogen-bond donors (Lipinski definition) is 2. The Morgan fingerprint density at radius 1 is 1.12 bits per heavy atom. The van der Waals surface area contributed by atoms with Crippen LogP contribution in [0.4, 0.5) is 5.69 Å². The van der Waals surface area contributed by atoms with Crippen LogP contribution in [-0.2, 0) is 4.74 Å². The number of fused-ring (bicyclic) bond motifs is 1. The lowest BCUT2D eigenvalue weighted by atomic mass is 10.0. The molecule has 0 fully saturated rings. The lowest BCUT2D eigenvalue weighted by Gasteiger charge is -2.18. The number of rotatable bonds is 8. The van der Waals surface area contributed by atoms with Crippen molar-refractivity contribution >= 4 is 22.4 Å². The zero-order valence-corrected chi connectivity index (χ0v) is 15.3. The van der Waals surface area contributed by atoms with Gasteiger partial charge in [-0.3, -0.25) is 4.79 Å². The average Bonchev–Trinajstić information content (AvgIpc) is 2.98. The molecule has 3 rings (SSSR count). The molecule has 1 aromatic heterocycles. The number of aromatic nitrogens is 1. The molecule has 0 bridgehead atoms. The van der Waals surface area contributed by atoms with Crippen LogP contribution in [-0.4, -0.2) is 37.1 Å². The minimum absolute atomic E-state index is 0.0478. The SMILES string of the molecule is COCCOc1ccccc1NC(C)C(=O)c1c(C)[nH]c2ccccc12. The van der Waals surface area contributed by atoms with Gasteiger partial charge in [0.2, 0.25) is 0 Å². The van der Waals surface area contributed by atoms with Gasteiger partial charge in [-0.2, -0.15) is 0 Å². The Morgan fingerprint density at radius 2 is 1.85 bits per heavy atom. The minimum atomic E-state index is -0.389. The summed E-state index contributed by atoms with van der Waals surface area (Å²) in [5, 5.41) is 4.24. The highest BCUT2D eigenvalue weighted by Crippen LogP contribution is 2.27. The highest BCUT2D eigenvalue weighted by molar-refractivity contribution is 6.12. The molecule has 1 atom stereocenters. The number of benzene rings is 2. The number of ketones is 1. The largest absolute Gasteiger partial charge is 0.489 e. The zero-order valence-electron chi connectivity index (χ0n) is 15.3. The quantitative estimate of drug-likeness (QED) is 0.471. The minimum Gasteiger partial charge on any atom is -0.489 e. The smallest absolute Gasteiger partial charge is 0.187 e. The standard InChI is InChI=1S/C21H24N2O3/c1-14-20(16-8-4-5-9-17(16)22-14)21(24)15(2)23-18-10-6-7-11-19(18)26-13-12-25-3/h4-11,15,22-23H,12-13H2,1-3H3. The van der Waals surface area contributed by atoms with Crippen LogP contribution >= 0.6 is 0 Å². The average molecular weight is 352 g/mol. The summed E-state index contributed by atoms with van der Waals surface area (Å²) in [7, 11) is 1.64. The Morgan fingerprint density at radius 3 is 2.65 bits per heavy atom. The van der Waals surface area contributed by atoms with E-state index in [4.69, 9.17) is 9.47 Å². The monoisotopic (exact) mass is 352 g/mol. The highest BCUT2D eigenvalue weighted by atomic mass is 16.5. The van der Waals surface area contributed by atoms with E-state index < -0.39 is 0 Å². The third-order valence-electron chi connectivity index (χ3n) is 4.34. The molecule has 136 valence electrons. The molecule has 1 unspecified atom stereocenters. The van der Waals surface area contributed by atoms with E-state index in [1.165, 1.54) is 0 Å². The number of hydrogen-bond acceptors (Lipinski definition) is 4. The van der Waals surface area contributed by atoms with Crippen LogP contribution in [0.5, 0.6) is 5.75 Å². The summed E-state index contributed by atoms with van der Waals surface area (Å²) in [6.45, 7) is 4.77. The Hall–Kier alpha value is -2.79. The van der Waals surface area contributed by atoms with Gasteiger partial charge in [0.05, 0.1) is 18.3 Å². The first-order chi connectivity index (χ1) is 12.6. The lowest BCUT2D eigenvalue weighted by molar-refractivity contribution is 0.0976. The fourth-order valence-electron chi connectivity index (χ4n) is 3.06. The first kappa shape index (κ1) is 18.0. The van der Waals surface area contributed by atoms with Crippen molar-refractivity contribution in [3.05, 3.63) is 59.8 Å². The summed E-state index contributed by atoms with van der Waals surface area (Å²) in [6.07, 6.45) is 0. The number of aromatic amines is 1. The molecule has 2 aromatic carbocycles. The number of ether oxygens (including phenoxy) is 2. The van der Waals surface area contributed by atoms with Crippen molar-refractivity contribution < 1.29 is 14.3 Å². The van der Waals surface area contributed by atoms with E-state index in [0.717, 1.165) is 27.8 Å². The van der Waals surface area contributed by atoms with Crippen molar-refractivity contribution in [1.82, 2.24) is 4.98 Å². The molecule has 1 heterocycles. The number of nitrogens with one attached hydrogen (secondary N) is 2. The number of carbonyl (C=O) groups excluding carboxylic acids is 1. The van der Waals surface area contributed by atoms with E-state index in [-0.39, 0.29) is 11.8 Å². The van der Waals surface area contributed by atoms with Gasteiger partial charge >= 0.3 is 0 Å². The molecule has 26 heavy (non-hydrogen) atoms. The van der Waals surface area contributed by atoms with Crippen molar-refractivity contribution in [3.63, 3.8) is 0 Å². The van der Waals surface area contributed by atoms with E-state index in [9.17, 15) is 4.79 Å². The summed E-state index contributed by atoms with van der Waals surface area (Å²) < 4.78 is 10.8. The van der Waals surface area contributed by atoms with Crippen LogP contribution in [0.15, 0.2) is 48.5 Å². The fraction of sp³-hybridized carbons (Fsp3) is 0.286. The van der Waals surface area contributed by atoms with E-state index >= 15 is 0 Å². The Bertz CT molecular complexity index is 901. The highest BCUT2D eigenvalue weighted by Gasteiger charge is 2.22. The molecule has 0 saturated heterocycles. The maximum Gasteiger partial charge on any atom is 0.187 e. The maximum absolute atomic E-state index is 13.1. The molecule has 0 radical (unpaired) electrons. The number of Topliss-reactive ketones (excluding diaryl/α,β-unsaturated/α-hetero) is 1. The Balaban J connectivity index is 1.81. The van der Waals surface area contributed by atoms with Crippen LogP contribution in [0.2, 0.25) is 0 Å². The van der Waals surface area contributed by atoms with Gasteiger partial charge in [0.25, 0.3) is 0 Å². The van der Waals surface area contributed by atoms with Gasteiger partial charge in [-0.25, -0.2) is 0 Å². The predicted molar refractivity (Wildman–Crippen MR) is 104 cm³/mol. The molecule has 5 heteroatoms. The summed E-state index contributed by atoms with van der Waals surface area (Å²) >= 11 is 0. The number of methoxy groups -OCH3 is 1. The third kappa shape index (κ3) is 3.73. The van der Waals surface area contributed by atoms with Gasteiger partial charge in [0.1, 0.15) is 12.4 Å². The number of H-pyrrole nitrogens is 1. The number of para-hydroxylation sites is 3. The van der Waals surface area contributed by atoms with Crippen molar-refractivity contribution in [2.24, 2.45) is 0 Å². The van der Waals surface area contributed by atoms with Gasteiger partial charge in [-0.1, -0.05) is 30.3 Å². The third-order valence-corrected chi connectivity index (χ3v) is 4.34. The van der Waals surface area contributed by atoms with Crippen molar-refractivity contribution in [2.45, 2.75) is 19.9 Å². The number of aryl methyl sites for hydroxylation is 1. The molecular formula is C21H24N2O3. The summed E-state index contributed by atoms with van der Waals surface area (Å²) in [6, 6.07) is 15.1. The first-order valence-corrected chi connectivity index (χ1v) is 8.70. The zero-order chi connectivity index (χ0) is 18.5. The summed E-state index contributed by atoms with van der Waals surface area (Å²) in [5.41, 5.74) is 3.39. The van der Waals surface area contributed by atoms with Gasteiger partial charge in [-0.05, 0) is 32.0 Å². The molecular weight excluding hydrogens is 328 g/mol. The normalized spacial score (nSPS) is 12.1. The van der Waals surface area contributed by atoms with E-state index in [1.54, 1.807) is 7.11 Å². The molecule has 2 N–H and O–H groups in total. The second-order valence-corrected chi connectivity index (χ2v) is 6.24. The fourth-order valence-corrected chi connectivity index (χ4v) is 3.06. The Labute approximate surface area is 153 Å². The van der Waals surface area contributed by atoms with Crippen molar-refractivity contribution in [2.75, 3.05) is 25.6 Å². The van der Waals surface area contributed by atoms with Gasteiger partial charge in [-0.15, -0.1) is 0 Å². The molecule has 0 aliphatic rings. The van der Waals surface area contributed by atoms with E-state index in [2.05, 4.69) is 10.3 Å². The maximum atomic E-state index is 13.1. The van der Waals surface area contributed by atoms with Gasteiger partial charge < -0.3 is 19.8 Å². The Kier molecular flexibility index (Phi) is 5.58. The van der Waals surface area contributed by atoms with Crippen molar-refractivity contribution in [1.29, 1.82) is 0 Å². The predicted octanol–water partition coefficient (Wildman–Crippen LogP) is 4.18. The van der Waals surface area contributed by atoms with Crippen LogP contribution in [0.25, 0.3) is 10.9 Å². The van der Waals surface area contributed by atoms with Crippen LogP contribution < -0.4 is 10.1 Å².